The number of benzene rings is 3. The molecule has 1 saturated heterocycles. The van der Waals surface area contributed by atoms with Crippen molar-refractivity contribution in [1.82, 2.24) is 19.7 Å². The first-order chi connectivity index (χ1) is 20.9. The third-order valence-electron chi connectivity index (χ3n) is 7.32. The molecule has 0 radical (unpaired) electrons. The second-order valence-corrected chi connectivity index (χ2v) is 11.9. The number of thiazole rings is 1. The molecule has 0 aliphatic carbocycles. The zero-order valence-electron chi connectivity index (χ0n) is 23.8. The van der Waals surface area contributed by atoms with E-state index in [1.165, 1.54) is 22.5 Å². The first kappa shape index (κ1) is 31.0. The highest BCUT2D eigenvalue weighted by atomic mass is 35.5. The molecule has 0 unspecified atom stereocenters. The van der Waals surface area contributed by atoms with Gasteiger partial charge in [-0.3, -0.25) is 9.69 Å². The van der Waals surface area contributed by atoms with E-state index >= 15 is 0 Å². The fraction of sp³-hybridized carbons (Fsp3) is 0.281. The Morgan fingerprint density at radius 3 is 2.21 bits per heavy atom. The SMILES string of the molecule is COCCN(Cc1nc(C(=O)N2CCN(C(c3ccccc3)c3ccccc3)CC2)cs1)C(=O)Nc1ccc(Cl)c(Cl)c1. The summed E-state index contributed by atoms with van der Waals surface area (Å²) in [7, 11) is 1.58. The van der Waals surface area contributed by atoms with Crippen molar-refractivity contribution in [2.24, 2.45) is 0 Å². The number of carbonyl (C=O) groups excluding carboxylic acids is 2. The number of anilines is 1. The highest BCUT2D eigenvalue weighted by Gasteiger charge is 2.29. The van der Waals surface area contributed by atoms with Gasteiger partial charge in [-0.05, 0) is 29.3 Å². The quantitative estimate of drug-likeness (QED) is 0.210. The summed E-state index contributed by atoms with van der Waals surface area (Å²) < 4.78 is 5.21. The van der Waals surface area contributed by atoms with Gasteiger partial charge in [-0.2, -0.15) is 0 Å². The highest BCUT2D eigenvalue weighted by Crippen LogP contribution is 2.30. The van der Waals surface area contributed by atoms with Crippen molar-refractivity contribution in [3.63, 3.8) is 0 Å². The van der Waals surface area contributed by atoms with Crippen LogP contribution >= 0.6 is 34.5 Å². The molecular weight excluding hydrogens is 605 g/mol. The van der Waals surface area contributed by atoms with E-state index in [4.69, 9.17) is 27.9 Å². The molecule has 4 aromatic rings. The minimum Gasteiger partial charge on any atom is -0.383 e. The number of nitrogens with one attached hydrogen (secondary N) is 1. The van der Waals surface area contributed by atoms with Crippen LogP contribution in [0.4, 0.5) is 10.5 Å². The summed E-state index contributed by atoms with van der Waals surface area (Å²) in [5, 5.41) is 6.03. The average molecular weight is 639 g/mol. The summed E-state index contributed by atoms with van der Waals surface area (Å²) in [5.41, 5.74) is 3.39. The largest absolute Gasteiger partial charge is 0.383 e. The molecule has 1 aliphatic heterocycles. The molecule has 0 bridgehead atoms. The predicted octanol–water partition coefficient (Wildman–Crippen LogP) is 6.68. The van der Waals surface area contributed by atoms with Gasteiger partial charge in [0.2, 0.25) is 0 Å². The number of urea groups is 1. The molecular formula is C32H33Cl2N5O3S. The molecule has 8 nitrogen and oxygen atoms in total. The second kappa shape index (κ2) is 14.8. The van der Waals surface area contributed by atoms with E-state index in [0.717, 1.165) is 13.1 Å². The summed E-state index contributed by atoms with van der Waals surface area (Å²) >= 11 is 13.5. The monoisotopic (exact) mass is 637 g/mol. The van der Waals surface area contributed by atoms with E-state index in [2.05, 4.69) is 63.7 Å². The van der Waals surface area contributed by atoms with E-state index < -0.39 is 0 Å². The standard InChI is InChI=1S/C32H33Cl2N5O3S/c1-42-19-18-39(32(41)35-25-12-13-26(33)27(34)20-25)21-29-36-28(22-43-29)31(40)38-16-14-37(15-17-38)30(23-8-4-2-5-9-23)24-10-6-3-7-11-24/h2-13,20,22,30H,14-19,21H2,1H3,(H,35,41). The second-order valence-electron chi connectivity index (χ2n) is 10.2. The maximum atomic E-state index is 13.4. The van der Waals surface area contributed by atoms with E-state index in [1.807, 2.05) is 17.0 Å². The molecule has 1 aliphatic rings. The number of hydrogen-bond donors (Lipinski definition) is 1. The topological polar surface area (TPSA) is 78.0 Å². The molecule has 0 saturated carbocycles. The Labute approximate surface area is 265 Å². The number of nitrogens with zero attached hydrogens (tertiary/aromatic N) is 4. The molecule has 0 atom stereocenters. The van der Waals surface area contributed by atoms with Crippen LogP contribution in [-0.4, -0.2) is 78.1 Å². The number of halogens is 2. The Hall–Kier alpha value is -3.47. The van der Waals surface area contributed by atoms with Gasteiger partial charge >= 0.3 is 6.03 Å². The van der Waals surface area contributed by atoms with E-state index in [-0.39, 0.29) is 24.5 Å². The van der Waals surface area contributed by atoms with Crippen LogP contribution in [0.5, 0.6) is 0 Å². The van der Waals surface area contributed by atoms with Crippen molar-refractivity contribution < 1.29 is 14.3 Å². The summed E-state index contributed by atoms with van der Waals surface area (Å²) in [4.78, 5) is 37.0. The lowest BCUT2D eigenvalue weighted by molar-refractivity contribution is 0.0592. The molecule has 224 valence electrons. The average Bonchev–Trinajstić information content (AvgIpc) is 3.51. The van der Waals surface area contributed by atoms with Gasteiger partial charge in [0.15, 0.2) is 0 Å². The van der Waals surface area contributed by atoms with Crippen molar-refractivity contribution >= 4 is 52.2 Å². The van der Waals surface area contributed by atoms with Gasteiger partial charge in [0.25, 0.3) is 5.91 Å². The van der Waals surface area contributed by atoms with Gasteiger partial charge in [-0.25, -0.2) is 9.78 Å². The first-order valence-corrected chi connectivity index (χ1v) is 15.6. The molecule has 2 heterocycles. The first-order valence-electron chi connectivity index (χ1n) is 14.0. The minimum absolute atomic E-state index is 0.0955. The number of carbonyl (C=O) groups is 2. The van der Waals surface area contributed by atoms with Gasteiger partial charge < -0.3 is 19.9 Å². The molecule has 43 heavy (non-hydrogen) atoms. The lowest BCUT2D eigenvalue weighted by atomic mass is 9.96. The van der Waals surface area contributed by atoms with Gasteiger partial charge in [0.05, 0.1) is 29.2 Å². The zero-order valence-corrected chi connectivity index (χ0v) is 26.1. The number of ether oxygens (including phenoxy) is 1. The van der Waals surface area contributed by atoms with Gasteiger partial charge in [0.1, 0.15) is 10.7 Å². The van der Waals surface area contributed by atoms with Crippen molar-refractivity contribution in [1.29, 1.82) is 0 Å². The third kappa shape index (κ3) is 7.93. The molecule has 0 spiro atoms. The summed E-state index contributed by atoms with van der Waals surface area (Å²) in [5.74, 6) is -0.0955. The van der Waals surface area contributed by atoms with Crippen molar-refractivity contribution in [3.05, 3.63) is 116 Å². The Balaban J connectivity index is 1.22. The molecule has 11 heteroatoms. The fourth-order valence-electron chi connectivity index (χ4n) is 5.11. The number of methoxy groups -OCH3 is 1. The normalized spacial score (nSPS) is 13.7. The highest BCUT2D eigenvalue weighted by molar-refractivity contribution is 7.09. The number of piperazine rings is 1. The number of hydrogen-bond acceptors (Lipinski definition) is 6. The van der Waals surface area contributed by atoms with E-state index in [0.29, 0.717) is 52.7 Å². The maximum Gasteiger partial charge on any atom is 0.322 e. The Kier molecular flexibility index (Phi) is 10.7. The molecule has 5 rings (SSSR count). The van der Waals surface area contributed by atoms with Crippen LogP contribution in [0.3, 0.4) is 0 Å². The fourth-order valence-corrected chi connectivity index (χ4v) is 6.19. The van der Waals surface area contributed by atoms with Crippen molar-refractivity contribution in [3.8, 4) is 0 Å². The predicted molar refractivity (Wildman–Crippen MR) is 172 cm³/mol. The Morgan fingerprint density at radius 2 is 1.60 bits per heavy atom. The number of amides is 3. The summed E-state index contributed by atoms with van der Waals surface area (Å²) in [6.45, 7) is 3.63. The minimum atomic E-state index is -0.332. The number of aromatic nitrogens is 1. The lowest BCUT2D eigenvalue weighted by Gasteiger charge is -2.39. The molecule has 1 N–H and O–H groups in total. The van der Waals surface area contributed by atoms with E-state index in [9.17, 15) is 9.59 Å². The summed E-state index contributed by atoms with van der Waals surface area (Å²) in [6.07, 6.45) is 0. The van der Waals surface area contributed by atoms with Crippen LogP contribution in [0.2, 0.25) is 10.0 Å². The summed E-state index contributed by atoms with van der Waals surface area (Å²) in [6, 6.07) is 25.7. The molecule has 3 amide bonds. The van der Waals surface area contributed by atoms with Crippen LogP contribution in [0.15, 0.2) is 84.2 Å². The van der Waals surface area contributed by atoms with Crippen LogP contribution in [0.25, 0.3) is 0 Å². The molecule has 3 aromatic carbocycles. The van der Waals surface area contributed by atoms with Crippen molar-refractivity contribution in [2.45, 2.75) is 12.6 Å². The molecule has 1 fully saturated rings. The third-order valence-corrected chi connectivity index (χ3v) is 8.89. The lowest BCUT2D eigenvalue weighted by Crippen LogP contribution is -2.50. The van der Waals surface area contributed by atoms with Crippen molar-refractivity contribution in [2.75, 3.05) is 51.8 Å². The van der Waals surface area contributed by atoms with Gasteiger partial charge in [0, 0.05) is 50.9 Å². The smallest absolute Gasteiger partial charge is 0.322 e. The maximum absolute atomic E-state index is 13.4. The van der Waals surface area contributed by atoms with Gasteiger partial charge in [-0.1, -0.05) is 83.9 Å². The van der Waals surface area contributed by atoms with E-state index in [1.54, 1.807) is 35.6 Å². The Morgan fingerprint density at radius 1 is 0.953 bits per heavy atom. The van der Waals surface area contributed by atoms with Crippen LogP contribution < -0.4 is 5.32 Å². The van der Waals surface area contributed by atoms with Crippen LogP contribution in [0, 0.1) is 0 Å². The van der Waals surface area contributed by atoms with Crippen LogP contribution in [-0.2, 0) is 11.3 Å². The zero-order chi connectivity index (χ0) is 30.2. The Bertz CT molecular complexity index is 1470. The van der Waals surface area contributed by atoms with Gasteiger partial charge in [-0.15, -0.1) is 11.3 Å². The molecule has 1 aromatic heterocycles. The van der Waals surface area contributed by atoms with Crippen LogP contribution in [0.1, 0.15) is 32.7 Å². The number of rotatable bonds is 10.